The van der Waals surface area contributed by atoms with E-state index in [0.717, 1.165) is 11.1 Å². The summed E-state index contributed by atoms with van der Waals surface area (Å²) in [6, 6.07) is 16.8. The van der Waals surface area contributed by atoms with Crippen molar-refractivity contribution in [3.05, 3.63) is 75.7 Å². The molecule has 0 atom stereocenters. The van der Waals surface area contributed by atoms with Crippen LogP contribution in [0.4, 0.5) is 0 Å². The lowest BCUT2D eigenvalue weighted by Gasteiger charge is -2.23. The van der Waals surface area contributed by atoms with Gasteiger partial charge in [-0.3, -0.25) is 14.5 Å². The van der Waals surface area contributed by atoms with Crippen LogP contribution in [-0.4, -0.2) is 50.7 Å². The van der Waals surface area contributed by atoms with E-state index in [4.69, 9.17) is 23.8 Å². The van der Waals surface area contributed by atoms with Gasteiger partial charge in [0.25, 0.3) is 5.91 Å². The van der Waals surface area contributed by atoms with Gasteiger partial charge in [-0.1, -0.05) is 84.1 Å². The molecule has 1 aliphatic rings. The number of hydrogen-bond donors (Lipinski definition) is 1. The second-order valence-corrected chi connectivity index (χ2v) is 8.71. The van der Waals surface area contributed by atoms with Gasteiger partial charge in [0.15, 0.2) is 0 Å². The lowest BCUT2D eigenvalue weighted by molar-refractivity contribution is -0.132. The van der Waals surface area contributed by atoms with Gasteiger partial charge >= 0.3 is 0 Å². The molecule has 3 rings (SSSR count). The summed E-state index contributed by atoms with van der Waals surface area (Å²) in [4.78, 5) is 29.0. The van der Waals surface area contributed by atoms with Gasteiger partial charge in [0.1, 0.15) is 4.32 Å². The molecule has 2 amide bonds. The quantitative estimate of drug-likeness (QED) is 0.477. The van der Waals surface area contributed by atoms with E-state index in [1.165, 1.54) is 16.7 Å². The summed E-state index contributed by atoms with van der Waals surface area (Å²) in [7, 11) is 0. The van der Waals surface area contributed by atoms with Crippen LogP contribution in [0.2, 0.25) is 5.02 Å². The Hall–Kier alpha value is -2.19. The van der Waals surface area contributed by atoms with E-state index in [2.05, 4.69) is 0 Å². The highest BCUT2D eigenvalue weighted by molar-refractivity contribution is 8.26. The minimum atomic E-state index is -0.227. The van der Waals surface area contributed by atoms with Crippen LogP contribution >= 0.6 is 35.6 Å². The fourth-order valence-corrected chi connectivity index (χ4v) is 4.50. The molecule has 0 aliphatic carbocycles. The second-order valence-electron chi connectivity index (χ2n) is 6.63. The lowest BCUT2D eigenvalue weighted by Crippen LogP contribution is -2.37. The molecule has 1 N–H and O–H groups in total. The zero-order chi connectivity index (χ0) is 21.5. The van der Waals surface area contributed by atoms with Crippen molar-refractivity contribution in [2.24, 2.45) is 0 Å². The Bertz CT molecular complexity index is 966. The first kappa shape index (κ1) is 22.5. The van der Waals surface area contributed by atoms with Gasteiger partial charge in [0, 0.05) is 31.1 Å². The summed E-state index contributed by atoms with van der Waals surface area (Å²) in [6.07, 6.45) is 1.84. The van der Waals surface area contributed by atoms with Crippen LogP contribution in [0.3, 0.4) is 0 Å². The maximum absolute atomic E-state index is 12.8. The standard InChI is InChI=1S/C22H21ClN2O3S2/c23-18-9-5-4-8-17(18)14-19-21(28)25(22(29)30-19)11-10-20(27)24(12-13-26)15-16-6-2-1-3-7-16/h1-9,14,26H,10-13,15H2/b19-14+. The van der Waals surface area contributed by atoms with E-state index in [-0.39, 0.29) is 37.9 Å². The Kier molecular flexibility index (Phi) is 8.04. The van der Waals surface area contributed by atoms with Crippen molar-refractivity contribution in [3.8, 4) is 0 Å². The first-order valence-corrected chi connectivity index (χ1v) is 11.0. The molecule has 30 heavy (non-hydrogen) atoms. The molecule has 2 aromatic carbocycles. The largest absolute Gasteiger partial charge is 0.395 e. The molecule has 0 unspecified atom stereocenters. The number of thiocarbonyl (C=S) groups is 1. The predicted molar refractivity (Wildman–Crippen MR) is 125 cm³/mol. The van der Waals surface area contributed by atoms with Crippen LogP contribution in [-0.2, 0) is 16.1 Å². The Balaban J connectivity index is 1.64. The van der Waals surface area contributed by atoms with Gasteiger partial charge in [-0.15, -0.1) is 0 Å². The highest BCUT2D eigenvalue weighted by Crippen LogP contribution is 2.33. The van der Waals surface area contributed by atoms with Crippen LogP contribution in [0.1, 0.15) is 17.5 Å². The molecule has 0 saturated carbocycles. The number of rotatable bonds is 8. The van der Waals surface area contributed by atoms with E-state index in [9.17, 15) is 14.7 Å². The highest BCUT2D eigenvalue weighted by atomic mass is 35.5. The number of thioether (sulfide) groups is 1. The number of nitrogens with zero attached hydrogens (tertiary/aromatic N) is 2. The molecule has 0 bridgehead atoms. The monoisotopic (exact) mass is 460 g/mol. The average Bonchev–Trinajstić information content (AvgIpc) is 3.01. The summed E-state index contributed by atoms with van der Waals surface area (Å²) in [5.74, 6) is -0.369. The van der Waals surface area contributed by atoms with E-state index in [1.54, 1.807) is 17.0 Å². The summed E-state index contributed by atoms with van der Waals surface area (Å²) in [5, 5.41) is 9.88. The van der Waals surface area contributed by atoms with Gasteiger partial charge < -0.3 is 10.0 Å². The number of benzene rings is 2. The van der Waals surface area contributed by atoms with Crippen molar-refractivity contribution < 1.29 is 14.7 Å². The minimum Gasteiger partial charge on any atom is -0.395 e. The van der Waals surface area contributed by atoms with Crippen molar-refractivity contribution in [2.45, 2.75) is 13.0 Å². The van der Waals surface area contributed by atoms with Crippen LogP contribution in [0.15, 0.2) is 59.5 Å². The molecule has 5 nitrogen and oxygen atoms in total. The van der Waals surface area contributed by atoms with Gasteiger partial charge in [0.2, 0.25) is 5.91 Å². The van der Waals surface area contributed by atoms with Crippen molar-refractivity contribution >= 4 is 57.8 Å². The van der Waals surface area contributed by atoms with Crippen LogP contribution < -0.4 is 0 Å². The van der Waals surface area contributed by atoms with Gasteiger partial charge in [0.05, 0.1) is 11.5 Å². The third kappa shape index (κ3) is 5.70. The molecule has 2 aromatic rings. The number of amides is 2. The number of hydrogen-bond acceptors (Lipinski definition) is 5. The van der Waals surface area contributed by atoms with Crippen molar-refractivity contribution in [3.63, 3.8) is 0 Å². The third-order valence-electron chi connectivity index (χ3n) is 4.55. The van der Waals surface area contributed by atoms with Crippen molar-refractivity contribution in [1.29, 1.82) is 0 Å². The number of carbonyl (C=O) groups excluding carboxylic acids is 2. The van der Waals surface area contributed by atoms with E-state index >= 15 is 0 Å². The molecule has 0 radical (unpaired) electrons. The summed E-state index contributed by atoms with van der Waals surface area (Å²) in [5.41, 5.74) is 1.72. The summed E-state index contributed by atoms with van der Waals surface area (Å²) >= 11 is 12.7. The van der Waals surface area contributed by atoms with E-state index < -0.39 is 0 Å². The smallest absolute Gasteiger partial charge is 0.266 e. The van der Waals surface area contributed by atoms with Crippen molar-refractivity contribution in [2.75, 3.05) is 19.7 Å². The maximum Gasteiger partial charge on any atom is 0.266 e. The maximum atomic E-state index is 12.8. The van der Waals surface area contributed by atoms with Crippen LogP contribution in [0.5, 0.6) is 0 Å². The Morgan fingerprint density at radius 1 is 1.17 bits per heavy atom. The Morgan fingerprint density at radius 3 is 2.57 bits per heavy atom. The molecule has 156 valence electrons. The molecule has 8 heteroatoms. The Labute approximate surface area is 190 Å². The number of halogens is 1. The van der Waals surface area contributed by atoms with Gasteiger partial charge in [-0.25, -0.2) is 0 Å². The van der Waals surface area contributed by atoms with Crippen LogP contribution in [0.25, 0.3) is 6.08 Å². The first-order valence-electron chi connectivity index (χ1n) is 9.42. The topological polar surface area (TPSA) is 60.9 Å². The fourth-order valence-electron chi connectivity index (χ4n) is 3.01. The molecule has 1 fully saturated rings. The third-order valence-corrected chi connectivity index (χ3v) is 6.28. The molecule has 0 spiro atoms. The van der Waals surface area contributed by atoms with Crippen molar-refractivity contribution in [1.82, 2.24) is 9.80 Å². The average molecular weight is 461 g/mol. The van der Waals surface area contributed by atoms with Gasteiger partial charge in [-0.2, -0.15) is 0 Å². The SMILES string of the molecule is O=C(CCN1C(=O)/C(=C\c2ccccc2Cl)SC1=S)N(CCO)Cc1ccccc1. The highest BCUT2D eigenvalue weighted by Gasteiger charge is 2.32. The lowest BCUT2D eigenvalue weighted by atomic mass is 10.2. The van der Waals surface area contributed by atoms with Crippen LogP contribution in [0, 0.1) is 0 Å². The zero-order valence-electron chi connectivity index (χ0n) is 16.2. The molecule has 0 aromatic heterocycles. The number of aliphatic hydroxyl groups is 1. The molecular formula is C22H21ClN2O3S2. The Morgan fingerprint density at radius 2 is 1.87 bits per heavy atom. The zero-order valence-corrected chi connectivity index (χ0v) is 18.6. The molecular weight excluding hydrogens is 440 g/mol. The number of carbonyl (C=O) groups is 2. The molecule has 1 aliphatic heterocycles. The fraction of sp³-hybridized carbons (Fsp3) is 0.227. The van der Waals surface area contributed by atoms with E-state index in [0.29, 0.717) is 20.8 Å². The predicted octanol–water partition coefficient (Wildman–Crippen LogP) is 3.95. The van der Waals surface area contributed by atoms with E-state index in [1.807, 2.05) is 48.5 Å². The first-order chi connectivity index (χ1) is 14.5. The second kappa shape index (κ2) is 10.7. The molecule has 1 heterocycles. The minimum absolute atomic E-state index is 0.124. The normalized spacial score (nSPS) is 15.1. The summed E-state index contributed by atoms with van der Waals surface area (Å²) in [6.45, 7) is 0.712. The summed E-state index contributed by atoms with van der Waals surface area (Å²) < 4.78 is 0.419. The van der Waals surface area contributed by atoms with Gasteiger partial charge in [-0.05, 0) is 23.3 Å². The molecule has 1 saturated heterocycles. The number of aliphatic hydroxyl groups excluding tert-OH is 1.